The molecule has 0 saturated heterocycles. The Labute approximate surface area is 151 Å². The van der Waals surface area contributed by atoms with Gasteiger partial charge in [-0.2, -0.15) is 5.26 Å². The van der Waals surface area contributed by atoms with Crippen LogP contribution in [0.4, 0.5) is 4.39 Å². The molecule has 1 aliphatic rings. The smallest absolute Gasteiger partial charge is 0.130 e. The van der Waals surface area contributed by atoms with E-state index in [2.05, 4.69) is 11.4 Å². The predicted octanol–water partition coefficient (Wildman–Crippen LogP) is 3.99. The number of nitrogens with one attached hydrogen (secondary N) is 1. The number of nitriles is 1. The van der Waals surface area contributed by atoms with Crippen molar-refractivity contribution in [3.05, 3.63) is 107 Å². The molecule has 3 nitrogen and oxygen atoms in total. The lowest BCUT2D eigenvalue weighted by Gasteiger charge is -2.26. The number of benzene rings is 3. The molecule has 1 unspecified atom stereocenters. The quantitative estimate of drug-likeness (QED) is 0.783. The van der Waals surface area contributed by atoms with Gasteiger partial charge in [0.1, 0.15) is 17.2 Å². The van der Waals surface area contributed by atoms with Crippen LogP contribution >= 0.6 is 0 Å². The summed E-state index contributed by atoms with van der Waals surface area (Å²) >= 11 is 0. The molecule has 4 rings (SSSR count). The molecule has 1 heterocycles. The number of rotatable bonds is 3. The number of hydrogen-bond acceptors (Lipinski definition) is 3. The molecule has 0 fully saturated rings. The number of hydrogen-bond donors (Lipinski definition) is 1. The van der Waals surface area contributed by atoms with Crippen LogP contribution in [0.25, 0.3) is 0 Å². The average molecular weight is 341 g/mol. The van der Waals surface area contributed by atoms with E-state index in [1.54, 1.807) is 18.2 Å². The molecule has 3 aromatic carbocycles. The normalized spacial score (nSPS) is 18.7. The van der Waals surface area contributed by atoms with Crippen LogP contribution < -0.4 is 5.32 Å². The molecule has 1 N–H and O–H groups in total. The summed E-state index contributed by atoms with van der Waals surface area (Å²) in [7, 11) is 0. The largest absolute Gasteiger partial charge is 0.367 e. The highest BCUT2D eigenvalue weighted by atomic mass is 19.1. The van der Waals surface area contributed by atoms with Gasteiger partial charge in [0.25, 0.3) is 0 Å². The van der Waals surface area contributed by atoms with Crippen molar-refractivity contribution in [2.24, 2.45) is 4.99 Å². The lowest BCUT2D eigenvalue weighted by Crippen LogP contribution is -2.31. The maximum Gasteiger partial charge on any atom is 0.130 e. The minimum atomic E-state index is -0.632. The van der Waals surface area contributed by atoms with Gasteiger partial charge >= 0.3 is 0 Å². The van der Waals surface area contributed by atoms with Crippen LogP contribution in [0.15, 0.2) is 83.9 Å². The van der Waals surface area contributed by atoms with Crippen molar-refractivity contribution in [2.45, 2.75) is 5.54 Å². The van der Waals surface area contributed by atoms with Crippen molar-refractivity contribution in [2.75, 3.05) is 6.54 Å². The molecule has 0 bridgehead atoms. The third-order valence-electron chi connectivity index (χ3n) is 4.65. The van der Waals surface area contributed by atoms with E-state index in [0.717, 1.165) is 22.5 Å². The number of halogens is 1. The van der Waals surface area contributed by atoms with Gasteiger partial charge in [0, 0.05) is 12.1 Å². The Bertz CT molecular complexity index is 1000. The van der Waals surface area contributed by atoms with Crippen molar-refractivity contribution in [1.82, 2.24) is 5.32 Å². The van der Waals surface area contributed by atoms with Gasteiger partial charge in [0.05, 0.1) is 11.6 Å². The Morgan fingerprint density at radius 3 is 2.38 bits per heavy atom. The first kappa shape index (κ1) is 16.0. The fourth-order valence-corrected chi connectivity index (χ4v) is 3.32. The van der Waals surface area contributed by atoms with Crippen LogP contribution in [0, 0.1) is 17.1 Å². The highest BCUT2D eigenvalue weighted by molar-refractivity contribution is 6.01. The molecule has 126 valence electrons. The summed E-state index contributed by atoms with van der Waals surface area (Å²) in [4.78, 5) is 5.01. The Morgan fingerprint density at radius 1 is 0.923 bits per heavy atom. The SMILES string of the molecule is N#Cc1cccc(C2=NC(c3ccccc3)(c3ccc(F)cc3)CN2)c1. The van der Waals surface area contributed by atoms with Crippen LogP contribution in [-0.2, 0) is 5.54 Å². The number of aliphatic imine (C=N–C) groups is 1. The van der Waals surface area contributed by atoms with Crippen LogP contribution in [0.5, 0.6) is 0 Å². The van der Waals surface area contributed by atoms with E-state index in [9.17, 15) is 4.39 Å². The lowest BCUT2D eigenvalue weighted by molar-refractivity contribution is 0.564. The molecule has 1 aliphatic heterocycles. The summed E-state index contributed by atoms with van der Waals surface area (Å²) in [5.74, 6) is 0.462. The average Bonchev–Trinajstić information content (AvgIpc) is 3.16. The lowest BCUT2D eigenvalue weighted by atomic mass is 9.84. The first-order valence-electron chi connectivity index (χ1n) is 8.37. The molecule has 26 heavy (non-hydrogen) atoms. The van der Waals surface area contributed by atoms with Crippen molar-refractivity contribution >= 4 is 5.84 Å². The van der Waals surface area contributed by atoms with E-state index in [1.165, 1.54) is 12.1 Å². The first-order valence-corrected chi connectivity index (χ1v) is 8.37. The van der Waals surface area contributed by atoms with Gasteiger partial charge in [-0.3, -0.25) is 0 Å². The Balaban J connectivity index is 1.86. The predicted molar refractivity (Wildman–Crippen MR) is 99.3 cm³/mol. The molecule has 0 saturated carbocycles. The molecule has 0 radical (unpaired) electrons. The van der Waals surface area contributed by atoms with Gasteiger partial charge in [-0.1, -0.05) is 54.6 Å². The molecule has 1 atom stereocenters. The van der Waals surface area contributed by atoms with Crippen LogP contribution in [-0.4, -0.2) is 12.4 Å². The second-order valence-electron chi connectivity index (χ2n) is 6.24. The van der Waals surface area contributed by atoms with E-state index in [1.807, 2.05) is 48.5 Å². The van der Waals surface area contributed by atoms with E-state index < -0.39 is 5.54 Å². The van der Waals surface area contributed by atoms with Gasteiger partial charge in [-0.25, -0.2) is 9.38 Å². The van der Waals surface area contributed by atoms with Crippen molar-refractivity contribution < 1.29 is 4.39 Å². The van der Waals surface area contributed by atoms with Crippen molar-refractivity contribution in [1.29, 1.82) is 5.26 Å². The molecule has 4 heteroatoms. The fraction of sp³-hybridized carbons (Fsp3) is 0.0909. The molecule has 0 aromatic heterocycles. The number of nitrogens with zero attached hydrogens (tertiary/aromatic N) is 2. The van der Waals surface area contributed by atoms with Gasteiger partial charge in [-0.05, 0) is 35.4 Å². The highest BCUT2D eigenvalue weighted by Crippen LogP contribution is 2.36. The molecular formula is C22H16FN3. The third-order valence-corrected chi connectivity index (χ3v) is 4.65. The summed E-state index contributed by atoms with van der Waals surface area (Å²) in [5, 5.41) is 12.5. The molecular weight excluding hydrogens is 325 g/mol. The monoisotopic (exact) mass is 341 g/mol. The van der Waals surface area contributed by atoms with Crippen molar-refractivity contribution in [3.63, 3.8) is 0 Å². The summed E-state index contributed by atoms with van der Waals surface area (Å²) in [6.07, 6.45) is 0. The third kappa shape index (κ3) is 2.74. The maximum absolute atomic E-state index is 13.4. The van der Waals surface area contributed by atoms with Crippen molar-refractivity contribution in [3.8, 4) is 6.07 Å². The Morgan fingerprint density at radius 2 is 1.65 bits per heavy atom. The maximum atomic E-state index is 13.4. The summed E-state index contributed by atoms with van der Waals surface area (Å²) < 4.78 is 13.4. The van der Waals surface area contributed by atoms with E-state index >= 15 is 0 Å². The van der Waals surface area contributed by atoms with Crippen LogP contribution in [0.1, 0.15) is 22.3 Å². The summed E-state index contributed by atoms with van der Waals surface area (Å²) in [5.41, 5.74) is 2.77. The standard InChI is InChI=1S/C22H16FN3/c23-20-11-9-19(10-12-20)22(18-7-2-1-3-8-18)15-25-21(26-22)17-6-4-5-16(13-17)14-24/h1-13H,15H2,(H,25,26). The zero-order valence-electron chi connectivity index (χ0n) is 14.0. The van der Waals surface area contributed by atoms with Gasteiger partial charge < -0.3 is 5.32 Å². The fourth-order valence-electron chi connectivity index (χ4n) is 3.32. The summed E-state index contributed by atoms with van der Waals surface area (Å²) in [6, 6.07) is 26.0. The van der Waals surface area contributed by atoms with Gasteiger partial charge in [-0.15, -0.1) is 0 Å². The molecule has 0 amide bonds. The minimum Gasteiger partial charge on any atom is -0.367 e. The Hall–Kier alpha value is -3.45. The zero-order chi connectivity index (χ0) is 18.0. The molecule has 3 aromatic rings. The van der Waals surface area contributed by atoms with E-state index in [-0.39, 0.29) is 5.82 Å². The van der Waals surface area contributed by atoms with E-state index in [0.29, 0.717) is 12.1 Å². The van der Waals surface area contributed by atoms with Gasteiger partial charge in [0.2, 0.25) is 0 Å². The second kappa shape index (κ2) is 6.45. The van der Waals surface area contributed by atoms with Crippen LogP contribution in [0.2, 0.25) is 0 Å². The minimum absolute atomic E-state index is 0.270. The number of amidine groups is 1. The van der Waals surface area contributed by atoms with Crippen LogP contribution in [0.3, 0.4) is 0 Å². The topological polar surface area (TPSA) is 48.2 Å². The Kier molecular flexibility index (Phi) is 3.98. The zero-order valence-corrected chi connectivity index (χ0v) is 14.0. The van der Waals surface area contributed by atoms with E-state index in [4.69, 9.17) is 10.3 Å². The second-order valence-corrected chi connectivity index (χ2v) is 6.24. The summed E-state index contributed by atoms with van der Waals surface area (Å²) in [6.45, 7) is 0.564. The van der Waals surface area contributed by atoms with Gasteiger partial charge in [0.15, 0.2) is 0 Å². The molecule has 0 aliphatic carbocycles. The first-order chi connectivity index (χ1) is 12.7. The molecule has 0 spiro atoms. The highest BCUT2D eigenvalue weighted by Gasteiger charge is 2.38.